The number of guanidine groups is 2. The Morgan fingerprint density at radius 2 is 1.81 bits per heavy atom. The summed E-state index contributed by atoms with van der Waals surface area (Å²) in [6.45, 7) is 4.46. The Bertz CT molecular complexity index is 963. The summed E-state index contributed by atoms with van der Waals surface area (Å²) in [5.74, 6) is 1.05. The molecule has 0 fully saturated rings. The van der Waals surface area contributed by atoms with Crippen LogP contribution in [0.3, 0.4) is 0 Å². The van der Waals surface area contributed by atoms with Crippen molar-refractivity contribution >= 4 is 30.1 Å². The molecule has 172 valence electrons. The highest BCUT2D eigenvalue weighted by molar-refractivity contribution is 5.96. The quantitative estimate of drug-likeness (QED) is 0.416. The van der Waals surface area contributed by atoms with Crippen molar-refractivity contribution in [3.05, 3.63) is 65.7 Å². The average molecular weight is 460 g/mol. The topological polar surface area (TPSA) is 116 Å². The molecule has 0 bridgehead atoms. The average Bonchev–Trinajstić information content (AvgIpc) is 2.73. The second kappa shape index (κ2) is 11.5. The fraction of sp³-hybridized carbons (Fsp3) is 0.348. The number of nitrogens with zero attached hydrogens (tertiary/aromatic N) is 3. The van der Waals surface area contributed by atoms with Gasteiger partial charge in [0.1, 0.15) is 5.75 Å². The van der Waals surface area contributed by atoms with Crippen LogP contribution in [-0.2, 0) is 11.3 Å². The highest BCUT2D eigenvalue weighted by atomic mass is 35.5. The Kier molecular flexibility index (Phi) is 9.04. The van der Waals surface area contributed by atoms with Crippen LogP contribution in [0.25, 0.3) is 0 Å². The smallest absolute Gasteiger partial charge is 0.226 e. The molecule has 9 heteroatoms. The van der Waals surface area contributed by atoms with Crippen LogP contribution in [0.2, 0.25) is 0 Å². The number of benzene rings is 2. The van der Waals surface area contributed by atoms with Gasteiger partial charge in [0.15, 0.2) is 11.4 Å². The molecular weight excluding hydrogens is 430 g/mol. The summed E-state index contributed by atoms with van der Waals surface area (Å²) in [5, 5.41) is 1.44. The van der Waals surface area contributed by atoms with Crippen molar-refractivity contribution in [3.63, 3.8) is 0 Å². The van der Waals surface area contributed by atoms with Crippen LogP contribution in [0.5, 0.6) is 5.75 Å². The van der Waals surface area contributed by atoms with Gasteiger partial charge in [0.2, 0.25) is 11.9 Å². The van der Waals surface area contributed by atoms with Crippen molar-refractivity contribution in [1.29, 1.82) is 0 Å². The normalized spacial score (nSPS) is 14.8. The monoisotopic (exact) mass is 459 g/mol. The third-order valence-electron chi connectivity index (χ3n) is 4.74. The van der Waals surface area contributed by atoms with Crippen molar-refractivity contribution in [3.8, 4) is 5.75 Å². The van der Waals surface area contributed by atoms with E-state index in [1.807, 2.05) is 62.4 Å². The predicted molar refractivity (Wildman–Crippen MR) is 128 cm³/mol. The Hall–Kier alpha value is -3.10. The molecule has 3 rings (SSSR count). The number of aryl methyl sites for hydroxylation is 1. The van der Waals surface area contributed by atoms with E-state index in [0.29, 0.717) is 37.4 Å². The number of ether oxygens (including phenoxy) is 1. The number of Topliss-reactive ketones (excluding diaryl/α,β-unsaturated/α-hetero) is 1. The summed E-state index contributed by atoms with van der Waals surface area (Å²) in [7, 11) is 0. The summed E-state index contributed by atoms with van der Waals surface area (Å²) >= 11 is 0. The van der Waals surface area contributed by atoms with E-state index in [2.05, 4.69) is 9.98 Å². The van der Waals surface area contributed by atoms with E-state index in [-0.39, 0.29) is 30.1 Å². The van der Waals surface area contributed by atoms with Crippen LogP contribution >= 0.6 is 12.4 Å². The molecule has 0 spiro atoms. The second-order valence-corrected chi connectivity index (χ2v) is 7.70. The van der Waals surface area contributed by atoms with Gasteiger partial charge in [-0.1, -0.05) is 42.5 Å². The largest absolute Gasteiger partial charge is 0.493 e. The van der Waals surface area contributed by atoms with Gasteiger partial charge in [-0.15, -0.1) is 12.4 Å². The van der Waals surface area contributed by atoms with Crippen LogP contribution in [0.1, 0.15) is 42.6 Å². The molecule has 2 aromatic carbocycles. The van der Waals surface area contributed by atoms with Crippen LogP contribution in [0.4, 0.5) is 0 Å². The van der Waals surface area contributed by atoms with Crippen LogP contribution < -0.4 is 16.2 Å². The summed E-state index contributed by atoms with van der Waals surface area (Å²) in [6, 6.07) is 17.3. The molecule has 32 heavy (non-hydrogen) atoms. The number of carbonyl (C=O) groups excluding carboxylic acids is 1. The van der Waals surface area contributed by atoms with E-state index in [1.54, 1.807) is 6.07 Å². The highest BCUT2D eigenvalue weighted by Gasteiger charge is 2.32. The van der Waals surface area contributed by atoms with Crippen molar-refractivity contribution in [2.45, 2.75) is 38.8 Å². The van der Waals surface area contributed by atoms with Crippen LogP contribution in [-0.4, -0.2) is 41.6 Å². The predicted octanol–water partition coefficient (Wildman–Crippen LogP) is 3.31. The first-order valence-corrected chi connectivity index (χ1v) is 10.3. The number of rotatable bonds is 10. The lowest BCUT2D eigenvalue weighted by Crippen LogP contribution is -2.53. The minimum Gasteiger partial charge on any atom is -0.493 e. The lowest BCUT2D eigenvalue weighted by molar-refractivity contribution is -0.158. The van der Waals surface area contributed by atoms with Gasteiger partial charge >= 0.3 is 0 Å². The number of nitrogens with two attached hydrogens (primary N) is 2. The van der Waals surface area contributed by atoms with Crippen molar-refractivity contribution in [2.75, 3.05) is 13.2 Å². The third kappa shape index (κ3) is 6.96. The van der Waals surface area contributed by atoms with Crippen molar-refractivity contribution in [1.82, 2.24) is 5.06 Å². The number of hydrogen-bond acceptors (Lipinski definition) is 8. The Morgan fingerprint density at radius 3 is 2.53 bits per heavy atom. The zero-order chi connectivity index (χ0) is 22.3. The molecule has 8 nitrogen and oxygen atoms in total. The SMILES string of the molecule is CC1(C)N=C(N)N=C(N)N1OCCCOc1cccc(C(=O)CCc2ccccc2)c1.Cl. The molecule has 2 aromatic rings. The zero-order valence-corrected chi connectivity index (χ0v) is 19.2. The fourth-order valence-electron chi connectivity index (χ4n) is 3.23. The van der Waals surface area contributed by atoms with E-state index in [4.69, 9.17) is 21.0 Å². The van der Waals surface area contributed by atoms with Gasteiger partial charge < -0.3 is 16.2 Å². The lowest BCUT2D eigenvalue weighted by atomic mass is 10.0. The maximum absolute atomic E-state index is 12.5. The number of ketones is 1. The minimum absolute atomic E-state index is 0. The summed E-state index contributed by atoms with van der Waals surface area (Å²) in [4.78, 5) is 26.4. The molecule has 0 unspecified atom stereocenters. The Balaban J connectivity index is 0.00000363. The number of hydrogen-bond donors (Lipinski definition) is 2. The van der Waals surface area contributed by atoms with Crippen molar-refractivity contribution in [2.24, 2.45) is 21.5 Å². The first kappa shape index (κ1) is 25.2. The molecule has 0 aromatic heterocycles. The zero-order valence-electron chi connectivity index (χ0n) is 18.4. The molecule has 0 aliphatic carbocycles. The maximum atomic E-state index is 12.5. The highest BCUT2D eigenvalue weighted by Crippen LogP contribution is 2.20. The molecule has 0 saturated carbocycles. The third-order valence-corrected chi connectivity index (χ3v) is 4.74. The minimum atomic E-state index is -0.731. The van der Waals surface area contributed by atoms with E-state index in [9.17, 15) is 4.79 Å². The first-order valence-electron chi connectivity index (χ1n) is 10.3. The molecule has 1 aliphatic rings. The van der Waals surface area contributed by atoms with Crippen molar-refractivity contribution < 1.29 is 14.4 Å². The van der Waals surface area contributed by atoms with Gasteiger partial charge in [-0.3, -0.25) is 9.63 Å². The van der Waals surface area contributed by atoms with E-state index < -0.39 is 5.66 Å². The van der Waals surface area contributed by atoms with Gasteiger partial charge in [-0.25, -0.2) is 4.99 Å². The number of aliphatic imine (C=N–C) groups is 2. The molecule has 0 radical (unpaired) electrons. The second-order valence-electron chi connectivity index (χ2n) is 7.70. The summed E-state index contributed by atoms with van der Waals surface area (Å²) in [5.41, 5.74) is 12.6. The summed E-state index contributed by atoms with van der Waals surface area (Å²) in [6.07, 6.45) is 1.80. The fourth-order valence-corrected chi connectivity index (χ4v) is 3.23. The number of hydroxylamine groups is 2. The van der Waals surface area contributed by atoms with Gasteiger partial charge in [-0.2, -0.15) is 10.1 Å². The molecule has 0 amide bonds. The molecule has 1 heterocycles. The number of carbonyl (C=O) groups is 1. The first-order chi connectivity index (χ1) is 14.8. The van der Waals surface area contributed by atoms with Gasteiger partial charge in [0.05, 0.1) is 13.2 Å². The summed E-state index contributed by atoms with van der Waals surface area (Å²) < 4.78 is 5.79. The molecule has 0 atom stereocenters. The molecule has 1 aliphatic heterocycles. The maximum Gasteiger partial charge on any atom is 0.226 e. The van der Waals surface area contributed by atoms with E-state index >= 15 is 0 Å². The van der Waals surface area contributed by atoms with E-state index in [1.165, 1.54) is 5.06 Å². The van der Waals surface area contributed by atoms with Crippen LogP contribution in [0, 0.1) is 0 Å². The molecular formula is C23H30ClN5O3. The van der Waals surface area contributed by atoms with Gasteiger partial charge in [0.25, 0.3) is 0 Å². The Labute approximate surface area is 194 Å². The van der Waals surface area contributed by atoms with Crippen LogP contribution in [0.15, 0.2) is 64.6 Å². The lowest BCUT2D eigenvalue weighted by Gasteiger charge is -2.36. The molecule has 4 N–H and O–H groups in total. The Morgan fingerprint density at radius 1 is 1.06 bits per heavy atom. The van der Waals surface area contributed by atoms with Gasteiger partial charge in [0, 0.05) is 18.4 Å². The van der Waals surface area contributed by atoms with Gasteiger partial charge in [-0.05, 0) is 38.0 Å². The van der Waals surface area contributed by atoms with E-state index in [0.717, 1.165) is 12.0 Å². The molecule has 0 saturated heterocycles. The standard InChI is InChI=1S/C23H29N5O3.ClH/c1-23(2)27-21(24)26-22(25)28(23)31-15-7-14-30-19-11-6-10-18(16-19)20(29)13-12-17-8-4-3-5-9-17;/h3-6,8-11,16H,7,12-15H2,1-2H3,(H4,24,25,26,27);1H. The number of halogens is 1.